The smallest absolute Gasteiger partial charge is 0.323 e. The number of carbonyl (C=O) groups excluding carboxylic acids is 1. The van der Waals surface area contributed by atoms with Crippen LogP contribution in [0.5, 0.6) is 0 Å². The minimum Gasteiger partial charge on any atom is -0.480 e. The van der Waals surface area contributed by atoms with Crippen molar-refractivity contribution >= 4 is 11.9 Å². The van der Waals surface area contributed by atoms with Crippen LogP contribution in [-0.4, -0.2) is 40.0 Å². The van der Waals surface area contributed by atoms with E-state index in [0.717, 1.165) is 10.5 Å². The maximum Gasteiger partial charge on any atom is 0.323 e. The SMILES string of the molecule is C#CCN(CC(=O)O)C(=O)c1cncc(C)c1. The van der Waals surface area contributed by atoms with Gasteiger partial charge in [-0.15, -0.1) is 6.42 Å². The third kappa shape index (κ3) is 3.61. The Morgan fingerprint density at radius 2 is 2.24 bits per heavy atom. The largest absolute Gasteiger partial charge is 0.480 e. The van der Waals surface area contributed by atoms with Crippen LogP contribution in [-0.2, 0) is 4.79 Å². The zero-order chi connectivity index (χ0) is 12.8. The third-order valence-corrected chi connectivity index (χ3v) is 2.02. The molecule has 0 aromatic carbocycles. The van der Waals surface area contributed by atoms with Gasteiger partial charge in [0, 0.05) is 12.4 Å². The van der Waals surface area contributed by atoms with Gasteiger partial charge >= 0.3 is 5.97 Å². The van der Waals surface area contributed by atoms with Gasteiger partial charge < -0.3 is 10.0 Å². The number of carboxylic acids is 1. The molecule has 88 valence electrons. The standard InChI is InChI=1S/C12H12N2O3/c1-3-4-14(8-11(15)16)12(17)10-5-9(2)6-13-7-10/h1,5-7H,4,8H2,2H3,(H,15,16). The van der Waals surface area contributed by atoms with Gasteiger partial charge in [-0.3, -0.25) is 14.6 Å². The molecule has 0 radical (unpaired) electrons. The Morgan fingerprint density at radius 3 is 2.76 bits per heavy atom. The van der Waals surface area contributed by atoms with E-state index in [0.29, 0.717) is 5.56 Å². The van der Waals surface area contributed by atoms with Crippen LogP contribution in [0, 0.1) is 19.3 Å². The summed E-state index contributed by atoms with van der Waals surface area (Å²) in [5.74, 6) is 0.728. The molecule has 0 unspecified atom stereocenters. The number of nitrogens with zero attached hydrogens (tertiary/aromatic N) is 2. The highest BCUT2D eigenvalue weighted by Gasteiger charge is 2.17. The molecule has 1 amide bonds. The van der Waals surface area contributed by atoms with E-state index in [2.05, 4.69) is 10.9 Å². The zero-order valence-electron chi connectivity index (χ0n) is 9.38. The number of carboxylic acid groups (broad SMARTS) is 1. The molecule has 5 nitrogen and oxygen atoms in total. The number of carbonyl (C=O) groups is 2. The van der Waals surface area contributed by atoms with Crippen LogP contribution in [0.4, 0.5) is 0 Å². The normalized spacial score (nSPS) is 9.41. The van der Waals surface area contributed by atoms with Crippen LogP contribution in [0.1, 0.15) is 15.9 Å². The number of rotatable bonds is 4. The second-order valence-electron chi connectivity index (χ2n) is 3.51. The minimum absolute atomic E-state index is 0.0426. The molecule has 0 aliphatic rings. The highest BCUT2D eigenvalue weighted by Crippen LogP contribution is 2.05. The molecule has 0 saturated heterocycles. The lowest BCUT2D eigenvalue weighted by Crippen LogP contribution is -2.36. The molecule has 1 rings (SSSR count). The third-order valence-electron chi connectivity index (χ3n) is 2.02. The first-order valence-electron chi connectivity index (χ1n) is 4.90. The first-order chi connectivity index (χ1) is 8.04. The Morgan fingerprint density at radius 1 is 1.53 bits per heavy atom. The van der Waals surface area contributed by atoms with Gasteiger partial charge in [0.25, 0.3) is 5.91 Å². The second kappa shape index (κ2) is 5.66. The molecular weight excluding hydrogens is 220 g/mol. The van der Waals surface area contributed by atoms with Crippen molar-refractivity contribution in [3.05, 3.63) is 29.6 Å². The lowest BCUT2D eigenvalue weighted by atomic mass is 10.2. The summed E-state index contributed by atoms with van der Waals surface area (Å²) in [6, 6.07) is 1.64. The van der Waals surface area contributed by atoms with Crippen molar-refractivity contribution in [3.63, 3.8) is 0 Å². The van der Waals surface area contributed by atoms with E-state index in [1.54, 1.807) is 19.2 Å². The molecule has 5 heteroatoms. The Labute approximate surface area is 99.1 Å². The van der Waals surface area contributed by atoms with Gasteiger partial charge in [-0.05, 0) is 18.6 Å². The van der Waals surface area contributed by atoms with Crippen molar-refractivity contribution in [1.29, 1.82) is 0 Å². The quantitative estimate of drug-likeness (QED) is 0.769. The highest BCUT2D eigenvalue weighted by molar-refractivity contribution is 5.95. The number of amides is 1. The van der Waals surface area contributed by atoms with Crippen molar-refractivity contribution < 1.29 is 14.7 Å². The second-order valence-corrected chi connectivity index (χ2v) is 3.51. The van der Waals surface area contributed by atoms with Crippen LogP contribution in [0.15, 0.2) is 18.5 Å². The van der Waals surface area contributed by atoms with Gasteiger partial charge in [-0.1, -0.05) is 5.92 Å². The molecule has 0 saturated carbocycles. The summed E-state index contributed by atoms with van der Waals surface area (Å²) in [6.45, 7) is 1.34. The molecule has 0 fully saturated rings. The molecular formula is C12H12N2O3. The summed E-state index contributed by atoms with van der Waals surface area (Å²) in [7, 11) is 0. The Hall–Kier alpha value is -2.35. The number of aliphatic carboxylic acids is 1. The fourth-order valence-electron chi connectivity index (χ4n) is 1.33. The first kappa shape index (κ1) is 12.7. The van der Waals surface area contributed by atoms with Gasteiger partial charge in [0.15, 0.2) is 0 Å². The van der Waals surface area contributed by atoms with Crippen LogP contribution in [0.2, 0.25) is 0 Å². The van der Waals surface area contributed by atoms with Gasteiger partial charge in [0.05, 0.1) is 12.1 Å². The average Bonchev–Trinajstić information content (AvgIpc) is 2.27. The van der Waals surface area contributed by atoms with E-state index < -0.39 is 18.4 Å². The predicted molar refractivity (Wildman–Crippen MR) is 61.3 cm³/mol. The van der Waals surface area contributed by atoms with Crippen molar-refractivity contribution in [2.75, 3.05) is 13.1 Å². The van der Waals surface area contributed by atoms with Gasteiger partial charge in [-0.25, -0.2) is 0 Å². The van der Waals surface area contributed by atoms with Crippen LogP contribution >= 0.6 is 0 Å². The van der Waals surface area contributed by atoms with Crippen LogP contribution in [0.25, 0.3) is 0 Å². The Bertz CT molecular complexity index is 477. The maximum atomic E-state index is 11.9. The molecule has 0 aliphatic carbocycles. The average molecular weight is 232 g/mol. The monoisotopic (exact) mass is 232 g/mol. The van der Waals surface area contributed by atoms with Crippen molar-refractivity contribution in [1.82, 2.24) is 9.88 Å². The summed E-state index contributed by atoms with van der Waals surface area (Å²) in [5.41, 5.74) is 1.16. The van der Waals surface area contributed by atoms with Gasteiger partial charge in [0.1, 0.15) is 6.54 Å². The number of pyridine rings is 1. The summed E-state index contributed by atoms with van der Waals surface area (Å²) in [5, 5.41) is 8.68. The number of aromatic nitrogens is 1. The highest BCUT2D eigenvalue weighted by atomic mass is 16.4. The number of aryl methyl sites for hydroxylation is 1. The van der Waals surface area contributed by atoms with Crippen molar-refractivity contribution in [2.45, 2.75) is 6.92 Å². The zero-order valence-corrected chi connectivity index (χ0v) is 9.38. The van der Waals surface area contributed by atoms with E-state index in [-0.39, 0.29) is 6.54 Å². The van der Waals surface area contributed by atoms with Crippen LogP contribution in [0.3, 0.4) is 0 Å². The van der Waals surface area contributed by atoms with Gasteiger partial charge in [-0.2, -0.15) is 0 Å². The fraction of sp³-hybridized carbons (Fsp3) is 0.250. The molecule has 0 aliphatic heterocycles. The van der Waals surface area contributed by atoms with Crippen molar-refractivity contribution in [2.24, 2.45) is 0 Å². The molecule has 1 aromatic heterocycles. The molecule has 17 heavy (non-hydrogen) atoms. The van der Waals surface area contributed by atoms with E-state index in [1.807, 2.05) is 0 Å². The minimum atomic E-state index is -1.10. The molecule has 0 spiro atoms. The van der Waals surface area contributed by atoms with E-state index >= 15 is 0 Å². The van der Waals surface area contributed by atoms with Gasteiger partial charge in [0.2, 0.25) is 0 Å². The lowest BCUT2D eigenvalue weighted by Gasteiger charge is -2.17. The summed E-state index contributed by atoms with van der Waals surface area (Å²) >= 11 is 0. The lowest BCUT2D eigenvalue weighted by molar-refractivity contribution is -0.137. The Kier molecular flexibility index (Phi) is 4.23. The number of terminal acetylenes is 1. The maximum absolute atomic E-state index is 11.9. The van der Waals surface area contributed by atoms with E-state index in [4.69, 9.17) is 11.5 Å². The van der Waals surface area contributed by atoms with E-state index in [1.165, 1.54) is 6.20 Å². The molecule has 1 aromatic rings. The fourth-order valence-corrected chi connectivity index (χ4v) is 1.33. The van der Waals surface area contributed by atoms with E-state index in [9.17, 15) is 9.59 Å². The summed E-state index contributed by atoms with van der Waals surface area (Å²) < 4.78 is 0. The predicted octanol–water partition coefficient (Wildman–Crippen LogP) is 0.550. The summed E-state index contributed by atoms with van der Waals surface area (Å²) in [4.78, 5) is 27.5. The van der Waals surface area contributed by atoms with Crippen molar-refractivity contribution in [3.8, 4) is 12.3 Å². The molecule has 1 heterocycles. The number of hydrogen-bond acceptors (Lipinski definition) is 3. The Balaban J connectivity index is 2.92. The van der Waals surface area contributed by atoms with Crippen LogP contribution < -0.4 is 0 Å². The molecule has 0 atom stereocenters. The topological polar surface area (TPSA) is 70.5 Å². The molecule has 0 bridgehead atoms. The molecule has 1 N–H and O–H groups in total. The first-order valence-corrected chi connectivity index (χ1v) is 4.90. The summed E-state index contributed by atoms with van der Waals surface area (Å²) in [6.07, 6.45) is 8.10. The number of hydrogen-bond donors (Lipinski definition) is 1.